The highest BCUT2D eigenvalue weighted by Crippen LogP contribution is 2.38. The minimum absolute atomic E-state index is 0.582. The van der Waals surface area contributed by atoms with Crippen LogP contribution in [-0.2, 0) is 0 Å². The molecule has 15 heavy (non-hydrogen) atoms. The Hall–Kier alpha value is -0.990. The summed E-state index contributed by atoms with van der Waals surface area (Å²) in [4.78, 5) is 0. The standard InChI is InChI=1S/C12H19N3/c13-12-8-11(9-4-3-5-9)14-15(12)10-6-1-2-7-10/h8-10H,1-7,13H2. The van der Waals surface area contributed by atoms with Crippen LogP contribution in [0.15, 0.2) is 6.07 Å². The molecule has 2 fully saturated rings. The fourth-order valence-electron chi connectivity index (χ4n) is 2.77. The summed E-state index contributed by atoms with van der Waals surface area (Å²) in [5.74, 6) is 1.58. The van der Waals surface area contributed by atoms with E-state index in [4.69, 9.17) is 10.8 Å². The van der Waals surface area contributed by atoms with Crippen molar-refractivity contribution in [2.24, 2.45) is 0 Å². The zero-order valence-corrected chi connectivity index (χ0v) is 9.15. The second-order valence-corrected chi connectivity index (χ2v) is 5.00. The van der Waals surface area contributed by atoms with Crippen molar-refractivity contribution >= 4 is 5.82 Å². The van der Waals surface area contributed by atoms with Gasteiger partial charge in [0, 0.05) is 12.0 Å². The van der Waals surface area contributed by atoms with Gasteiger partial charge >= 0.3 is 0 Å². The van der Waals surface area contributed by atoms with Crippen LogP contribution in [0.25, 0.3) is 0 Å². The summed E-state index contributed by atoms with van der Waals surface area (Å²) < 4.78 is 2.08. The van der Waals surface area contributed by atoms with Gasteiger partial charge in [-0.1, -0.05) is 19.3 Å². The molecule has 1 aromatic rings. The fraction of sp³-hybridized carbons (Fsp3) is 0.750. The molecule has 0 spiro atoms. The molecule has 0 saturated heterocycles. The summed E-state index contributed by atoms with van der Waals surface area (Å²) in [5, 5.41) is 4.71. The Bertz CT molecular complexity index is 346. The Morgan fingerprint density at radius 1 is 1.13 bits per heavy atom. The predicted molar refractivity (Wildman–Crippen MR) is 60.7 cm³/mol. The molecule has 2 aliphatic carbocycles. The number of anilines is 1. The van der Waals surface area contributed by atoms with Gasteiger partial charge in [0.25, 0.3) is 0 Å². The van der Waals surface area contributed by atoms with Gasteiger partial charge in [0.1, 0.15) is 5.82 Å². The highest BCUT2D eigenvalue weighted by Gasteiger charge is 2.25. The normalized spacial score (nSPS) is 23.2. The van der Waals surface area contributed by atoms with Crippen molar-refractivity contribution in [2.45, 2.75) is 56.9 Å². The van der Waals surface area contributed by atoms with Crippen LogP contribution in [0.1, 0.15) is 62.6 Å². The summed E-state index contributed by atoms with van der Waals surface area (Å²) in [5.41, 5.74) is 7.28. The van der Waals surface area contributed by atoms with E-state index in [1.165, 1.54) is 50.6 Å². The molecule has 3 heteroatoms. The van der Waals surface area contributed by atoms with Crippen LogP contribution in [0.4, 0.5) is 5.82 Å². The molecule has 0 aromatic carbocycles. The minimum Gasteiger partial charge on any atom is -0.384 e. The minimum atomic E-state index is 0.582. The maximum absolute atomic E-state index is 6.04. The molecule has 0 amide bonds. The van der Waals surface area contributed by atoms with Crippen LogP contribution in [-0.4, -0.2) is 9.78 Å². The molecule has 3 nitrogen and oxygen atoms in total. The fourth-order valence-corrected chi connectivity index (χ4v) is 2.77. The van der Waals surface area contributed by atoms with Crippen LogP contribution in [0.3, 0.4) is 0 Å². The maximum Gasteiger partial charge on any atom is 0.122 e. The molecule has 1 heterocycles. The third-order valence-electron chi connectivity index (χ3n) is 3.98. The van der Waals surface area contributed by atoms with E-state index in [0.717, 1.165) is 5.82 Å². The van der Waals surface area contributed by atoms with E-state index in [9.17, 15) is 0 Å². The summed E-state index contributed by atoms with van der Waals surface area (Å²) in [7, 11) is 0. The zero-order chi connectivity index (χ0) is 10.3. The van der Waals surface area contributed by atoms with Crippen molar-refractivity contribution in [1.29, 1.82) is 0 Å². The Morgan fingerprint density at radius 2 is 1.87 bits per heavy atom. The van der Waals surface area contributed by atoms with E-state index >= 15 is 0 Å². The van der Waals surface area contributed by atoms with Gasteiger partial charge < -0.3 is 5.73 Å². The number of hydrogen-bond acceptors (Lipinski definition) is 2. The lowest BCUT2D eigenvalue weighted by Crippen LogP contribution is -2.12. The zero-order valence-electron chi connectivity index (χ0n) is 9.15. The average Bonchev–Trinajstić information content (AvgIpc) is 2.70. The lowest BCUT2D eigenvalue weighted by molar-refractivity contribution is 0.396. The topological polar surface area (TPSA) is 43.8 Å². The van der Waals surface area contributed by atoms with Crippen molar-refractivity contribution in [3.05, 3.63) is 11.8 Å². The summed E-state index contributed by atoms with van der Waals surface area (Å²) in [6.45, 7) is 0. The first-order valence-corrected chi connectivity index (χ1v) is 6.19. The van der Waals surface area contributed by atoms with E-state index in [1.807, 2.05) is 0 Å². The SMILES string of the molecule is Nc1cc(C2CCC2)nn1C1CCCC1. The highest BCUT2D eigenvalue weighted by molar-refractivity contribution is 5.33. The third-order valence-corrected chi connectivity index (χ3v) is 3.98. The number of aromatic nitrogens is 2. The smallest absolute Gasteiger partial charge is 0.122 e. The molecular formula is C12H19N3. The molecule has 0 unspecified atom stereocenters. The number of nitrogen functional groups attached to an aromatic ring is 1. The van der Waals surface area contributed by atoms with E-state index in [1.54, 1.807) is 0 Å². The van der Waals surface area contributed by atoms with Crippen LogP contribution < -0.4 is 5.73 Å². The first-order chi connectivity index (χ1) is 7.34. The predicted octanol–water partition coefficient (Wildman–Crippen LogP) is 2.85. The van der Waals surface area contributed by atoms with Crippen molar-refractivity contribution < 1.29 is 0 Å². The van der Waals surface area contributed by atoms with Crippen LogP contribution >= 0.6 is 0 Å². The van der Waals surface area contributed by atoms with Gasteiger partial charge in [-0.2, -0.15) is 5.10 Å². The summed E-state index contributed by atoms with van der Waals surface area (Å²) >= 11 is 0. The first-order valence-electron chi connectivity index (χ1n) is 6.19. The molecule has 0 aliphatic heterocycles. The second-order valence-electron chi connectivity index (χ2n) is 5.00. The maximum atomic E-state index is 6.04. The van der Waals surface area contributed by atoms with Gasteiger partial charge in [-0.25, -0.2) is 4.68 Å². The van der Waals surface area contributed by atoms with Gasteiger partial charge in [0.05, 0.1) is 11.7 Å². The Morgan fingerprint density at radius 3 is 2.47 bits per heavy atom. The first kappa shape index (κ1) is 9.25. The molecule has 2 N–H and O–H groups in total. The highest BCUT2D eigenvalue weighted by atomic mass is 15.3. The molecular weight excluding hydrogens is 186 g/mol. The van der Waals surface area contributed by atoms with Gasteiger partial charge in [0.15, 0.2) is 0 Å². The number of nitrogens with zero attached hydrogens (tertiary/aromatic N) is 2. The van der Waals surface area contributed by atoms with E-state index < -0.39 is 0 Å². The van der Waals surface area contributed by atoms with Crippen LogP contribution in [0, 0.1) is 0 Å². The molecule has 2 saturated carbocycles. The Labute approximate surface area is 90.7 Å². The molecule has 3 rings (SSSR count). The largest absolute Gasteiger partial charge is 0.384 e. The lowest BCUT2D eigenvalue weighted by Gasteiger charge is -2.23. The lowest BCUT2D eigenvalue weighted by atomic mass is 9.83. The van der Waals surface area contributed by atoms with Crippen molar-refractivity contribution in [2.75, 3.05) is 5.73 Å². The molecule has 0 bridgehead atoms. The summed E-state index contributed by atoms with van der Waals surface area (Å²) in [6.07, 6.45) is 9.17. The summed E-state index contributed by atoms with van der Waals surface area (Å²) in [6, 6.07) is 2.68. The Balaban J connectivity index is 1.84. The van der Waals surface area contributed by atoms with Gasteiger partial charge in [-0.15, -0.1) is 0 Å². The number of rotatable bonds is 2. The Kier molecular flexibility index (Phi) is 2.19. The molecule has 0 radical (unpaired) electrons. The third kappa shape index (κ3) is 1.54. The van der Waals surface area contributed by atoms with Crippen LogP contribution in [0.5, 0.6) is 0 Å². The van der Waals surface area contributed by atoms with Crippen LogP contribution in [0.2, 0.25) is 0 Å². The van der Waals surface area contributed by atoms with Crippen molar-refractivity contribution in [3.8, 4) is 0 Å². The van der Waals surface area contributed by atoms with E-state index in [-0.39, 0.29) is 0 Å². The van der Waals surface area contributed by atoms with Crippen molar-refractivity contribution in [3.63, 3.8) is 0 Å². The van der Waals surface area contributed by atoms with Gasteiger partial charge in [-0.3, -0.25) is 0 Å². The van der Waals surface area contributed by atoms with Crippen molar-refractivity contribution in [1.82, 2.24) is 9.78 Å². The average molecular weight is 205 g/mol. The quantitative estimate of drug-likeness (QED) is 0.806. The molecule has 2 aliphatic rings. The molecule has 0 atom stereocenters. The number of nitrogens with two attached hydrogens (primary N) is 1. The van der Waals surface area contributed by atoms with Gasteiger partial charge in [0.2, 0.25) is 0 Å². The second kappa shape index (κ2) is 3.54. The monoisotopic (exact) mass is 205 g/mol. The van der Waals surface area contributed by atoms with E-state index in [0.29, 0.717) is 12.0 Å². The molecule has 82 valence electrons. The van der Waals surface area contributed by atoms with Gasteiger partial charge in [-0.05, 0) is 25.7 Å². The van der Waals surface area contributed by atoms with E-state index in [2.05, 4.69) is 10.7 Å². The molecule has 1 aromatic heterocycles. The number of hydrogen-bond donors (Lipinski definition) is 1.